The van der Waals surface area contributed by atoms with Gasteiger partial charge in [-0.15, -0.1) is 6.58 Å². The van der Waals surface area contributed by atoms with E-state index in [1.807, 2.05) is 18.5 Å². The van der Waals surface area contributed by atoms with Gasteiger partial charge in [-0.3, -0.25) is 0 Å². The van der Waals surface area contributed by atoms with Gasteiger partial charge in [-0.25, -0.2) is 4.68 Å². The fourth-order valence-electron chi connectivity index (χ4n) is 1.01. The quantitative estimate of drug-likeness (QED) is 0.529. The molecule has 1 rings (SSSR count). The number of hydrogen-bond acceptors (Lipinski definition) is 2. The van der Waals surface area contributed by atoms with Crippen molar-refractivity contribution in [3.63, 3.8) is 0 Å². The van der Waals surface area contributed by atoms with Crippen LogP contribution in [0.5, 0.6) is 0 Å². The minimum atomic E-state index is 0.849. The van der Waals surface area contributed by atoms with E-state index >= 15 is 0 Å². The topological polar surface area (TPSA) is 29.9 Å². The molecule has 0 atom stereocenters. The average Bonchev–Trinajstić information content (AvgIpc) is 2.60. The smallest absolute Gasteiger partial charge is 0.0538 e. The maximum Gasteiger partial charge on any atom is 0.0538 e. The highest BCUT2D eigenvalue weighted by Gasteiger charge is 1.94. The summed E-state index contributed by atoms with van der Waals surface area (Å²) < 4.78 is 1.70. The van der Waals surface area contributed by atoms with Gasteiger partial charge in [-0.05, 0) is 13.0 Å². The monoisotopic (exact) mass is 177 g/mol. The zero-order valence-electron chi connectivity index (χ0n) is 7.74. The first-order valence-corrected chi connectivity index (χ1v) is 4.34. The summed E-state index contributed by atoms with van der Waals surface area (Å²) in [6.07, 6.45) is 8.36. The summed E-state index contributed by atoms with van der Waals surface area (Å²) in [5.74, 6) is 0. The van der Waals surface area contributed by atoms with Crippen LogP contribution < -0.4 is 5.32 Å². The van der Waals surface area contributed by atoms with Gasteiger partial charge in [0.1, 0.15) is 0 Å². The predicted octanol–water partition coefficient (Wildman–Crippen LogP) is 1.65. The number of aromatic nitrogens is 2. The minimum absolute atomic E-state index is 0.849. The lowest BCUT2D eigenvalue weighted by Crippen LogP contribution is -2.13. The van der Waals surface area contributed by atoms with Crippen LogP contribution in [0.3, 0.4) is 0 Å². The predicted molar refractivity (Wildman–Crippen MR) is 55.1 cm³/mol. The molecule has 70 valence electrons. The van der Waals surface area contributed by atoms with E-state index in [9.17, 15) is 0 Å². The second-order valence-corrected chi connectivity index (χ2v) is 2.77. The highest BCUT2D eigenvalue weighted by molar-refractivity contribution is 5.17. The van der Waals surface area contributed by atoms with Gasteiger partial charge in [-0.2, -0.15) is 5.10 Å². The summed E-state index contributed by atoms with van der Waals surface area (Å²) in [5, 5.41) is 7.35. The van der Waals surface area contributed by atoms with Crippen LogP contribution in [-0.4, -0.2) is 16.3 Å². The maximum atomic E-state index is 4.07. The summed E-state index contributed by atoms with van der Waals surface area (Å²) >= 11 is 0. The molecule has 13 heavy (non-hydrogen) atoms. The van der Waals surface area contributed by atoms with Crippen molar-refractivity contribution < 1.29 is 0 Å². The minimum Gasteiger partial charge on any atom is -0.312 e. The molecule has 1 aromatic rings. The Balaban J connectivity index is 2.28. The molecule has 0 fully saturated rings. The molecule has 1 aromatic heterocycles. The van der Waals surface area contributed by atoms with Crippen LogP contribution in [-0.2, 0) is 6.54 Å². The zero-order chi connectivity index (χ0) is 9.52. The standard InChI is InChI=1S/C10H15N3/c1-3-5-6-11-7-10-8-12-13(4-2)9-10/h3-4,8-9,11H,1-2,5-7H2. The Bertz CT molecular complexity index is 275. The third-order valence-corrected chi connectivity index (χ3v) is 1.70. The summed E-state index contributed by atoms with van der Waals surface area (Å²) in [5.41, 5.74) is 1.17. The molecule has 0 amide bonds. The molecule has 0 aromatic carbocycles. The molecule has 0 aliphatic carbocycles. The van der Waals surface area contributed by atoms with Crippen molar-refractivity contribution in [2.24, 2.45) is 0 Å². The first kappa shape index (κ1) is 9.74. The first-order valence-electron chi connectivity index (χ1n) is 4.34. The van der Waals surface area contributed by atoms with E-state index in [0.717, 1.165) is 19.5 Å². The molecule has 0 radical (unpaired) electrons. The van der Waals surface area contributed by atoms with E-state index in [1.165, 1.54) is 5.56 Å². The molecule has 1 heterocycles. The normalized spacial score (nSPS) is 9.85. The van der Waals surface area contributed by atoms with Gasteiger partial charge in [0.15, 0.2) is 0 Å². The van der Waals surface area contributed by atoms with Gasteiger partial charge in [-0.1, -0.05) is 12.7 Å². The Kier molecular flexibility index (Phi) is 3.99. The molecular weight excluding hydrogens is 162 g/mol. The Morgan fingerprint density at radius 1 is 1.54 bits per heavy atom. The fraction of sp³-hybridized carbons (Fsp3) is 0.300. The van der Waals surface area contributed by atoms with Crippen molar-refractivity contribution in [2.75, 3.05) is 6.54 Å². The summed E-state index contributed by atoms with van der Waals surface area (Å²) in [7, 11) is 0. The maximum absolute atomic E-state index is 4.07. The van der Waals surface area contributed by atoms with Gasteiger partial charge in [0.25, 0.3) is 0 Å². The Morgan fingerprint density at radius 2 is 2.38 bits per heavy atom. The zero-order valence-corrected chi connectivity index (χ0v) is 7.74. The lowest BCUT2D eigenvalue weighted by atomic mass is 10.3. The molecule has 0 saturated heterocycles. The van der Waals surface area contributed by atoms with Crippen LogP contribution in [0.25, 0.3) is 6.20 Å². The molecule has 3 nitrogen and oxygen atoms in total. The molecule has 3 heteroatoms. The van der Waals surface area contributed by atoms with Crippen LogP contribution >= 0.6 is 0 Å². The van der Waals surface area contributed by atoms with Crippen LogP contribution in [0.15, 0.2) is 31.6 Å². The number of rotatable bonds is 6. The first-order chi connectivity index (χ1) is 6.36. The van der Waals surface area contributed by atoms with Crippen molar-refractivity contribution in [3.8, 4) is 0 Å². The number of hydrogen-bond donors (Lipinski definition) is 1. The van der Waals surface area contributed by atoms with E-state index < -0.39 is 0 Å². The van der Waals surface area contributed by atoms with E-state index in [2.05, 4.69) is 23.6 Å². The van der Waals surface area contributed by atoms with Crippen LogP contribution in [0.2, 0.25) is 0 Å². The highest BCUT2D eigenvalue weighted by Crippen LogP contribution is 1.96. The molecule has 1 N–H and O–H groups in total. The summed E-state index contributed by atoms with van der Waals surface area (Å²) in [4.78, 5) is 0. The largest absolute Gasteiger partial charge is 0.312 e. The van der Waals surface area contributed by atoms with Gasteiger partial charge in [0, 0.05) is 24.5 Å². The number of nitrogens with one attached hydrogen (secondary N) is 1. The second-order valence-electron chi connectivity index (χ2n) is 2.77. The van der Waals surface area contributed by atoms with Crippen LogP contribution in [0.4, 0.5) is 0 Å². The molecule has 0 aliphatic heterocycles. The highest BCUT2D eigenvalue weighted by atomic mass is 15.2. The Morgan fingerprint density at radius 3 is 3.00 bits per heavy atom. The van der Waals surface area contributed by atoms with Gasteiger partial charge in [0.2, 0.25) is 0 Å². The van der Waals surface area contributed by atoms with Gasteiger partial charge in [0.05, 0.1) is 6.20 Å². The third kappa shape index (κ3) is 3.25. The lowest BCUT2D eigenvalue weighted by molar-refractivity contribution is 0.696. The Labute approximate surface area is 78.8 Å². The van der Waals surface area contributed by atoms with Crippen molar-refractivity contribution in [3.05, 3.63) is 37.2 Å². The fourth-order valence-corrected chi connectivity index (χ4v) is 1.01. The molecule has 0 spiro atoms. The van der Waals surface area contributed by atoms with E-state index in [1.54, 1.807) is 10.9 Å². The van der Waals surface area contributed by atoms with Gasteiger partial charge >= 0.3 is 0 Å². The van der Waals surface area contributed by atoms with E-state index in [0.29, 0.717) is 0 Å². The van der Waals surface area contributed by atoms with E-state index in [4.69, 9.17) is 0 Å². The second kappa shape index (κ2) is 5.32. The molecular formula is C10H15N3. The van der Waals surface area contributed by atoms with Crippen LogP contribution in [0.1, 0.15) is 12.0 Å². The van der Waals surface area contributed by atoms with Crippen molar-refractivity contribution >= 4 is 6.20 Å². The van der Waals surface area contributed by atoms with Gasteiger partial charge < -0.3 is 5.32 Å². The Hall–Kier alpha value is -1.35. The summed E-state index contributed by atoms with van der Waals surface area (Å²) in [6, 6.07) is 0. The molecule has 0 bridgehead atoms. The molecule has 0 unspecified atom stereocenters. The van der Waals surface area contributed by atoms with E-state index in [-0.39, 0.29) is 0 Å². The summed E-state index contributed by atoms with van der Waals surface area (Å²) in [6.45, 7) is 9.08. The average molecular weight is 177 g/mol. The number of nitrogens with zero attached hydrogens (tertiary/aromatic N) is 2. The third-order valence-electron chi connectivity index (χ3n) is 1.70. The van der Waals surface area contributed by atoms with Crippen LogP contribution in [0, 0.1) is 0 Å². The van der Waals surface area contributed by atoms with Crippen molar-refractivity contribution in [1.29, 1.82) is 0 Å². The van der Waals surface area contributed by atoms with Crippen molar-refractivity contribution in [2.45, 2.75) is 13.0 Å². The van der Waals surface area contributed by atoms with Crippen molar-refractivity contribution in [1.82, 2.24) is 15.1 Å². The molecule has 0 saturated carbocycles. The molecule has 0 aliphatic rings. The SMILES string of the molecule is C=CCCNCc1cnn(C=C)c1. The lowest BCUT2D eigenvalue weighted by Gasteiger charge is -1.98.